The van der Waals surface area contributed by atoms with E-state index in [9.17, 15) is 8.42 Å². The summed E-state index contributed by atoms with van der Waals surface area (Å²) in [6.07, 6.45) is 0.920. The lowest BCUT2D eigenvalue weighted by Crippen LogP contribution is -2.30. The van der Waals surface area contributed by atoms with Gasteiger partial charge in [0.15, 0.2) is 0 Å². The van der Waals surface area contributed by atoms with Crippen LogP contribution in [0.4, 0.5) is 0 Å². The van der Waals surface area contributed by atoms with Crippen LogP contribution < -0.4 is 0 Å². The molecule has 1 aromatic heterocycles. The molecule has 0 saturated carbocycles. The molecule has 0 aliphatic carbocycles. The van der Waals surface area contributed by atoms with Crippen molar-refractivity contribution >= 4 is 21.6 Å². The molecule has 0 amide bonds. The first-order valence-corrected chi connectivity index (χ1v) is 8.91. The topological polar surface area (TPSA) is 50.5 Å². The number of hydrogen-bond acceptors (Lipinski definition) is 3. The van der Waals surface area contributed by atoms with E-state index in [1.54, 1.807) is 18.2 Å². The normalized spacial score (nSPS) is 21.0. The summed E-state index contributed by atoms with van der Waals surface area (Å²) in [7, 11) is -3.50. The van der Waals surface area contributed by atoms with E-state index in [4.69, 9.17) is 16.0 Å². The second kappa shape index (κ2) is 5.70. The summed E-state index contributed by atoms with van der Waals surface area (Å²) in [5.74, 6) is 2.10. The lowest BCUT2D eigenvalue weighted by Gasteiger charge is -2.18. The van der Waals surface area contributed by atoms with Gasteiger partial charge in [-0.05, 0) is 32.1 Å². The maximum Gasteiger partial charge on any atom is 0.246 e. The molecule has 1 fully saturated rings. The minimum absolute atomic E-state index is 0.152. The molecule has 20 heavy (non-hydrogen) atoms. The van der Waals surface area contributed by atoms with Gasteiger partial charge in [0, 0.05) is 18.7 Å². The number of halogens is 1. The summed E-state index contributed by atoms with van der Waals surface area (Å²) in [5, 5.41) is 0. The summed E-state index contributed by atoms with van der Waals surface area (Å²) in [5.41, 5.74) is 0.595. The van der Waals surface area contributed by atoms with Gasteiger partial charge in [0.05, 0.1) is 5.88 Å². The van der Waals surface area contributed by atoms with Gasteiger partial charge in [-0.15, -0.1) is 11.6 Å². The fourth-order valence-electron chi connectivity index (χ4n) is 2.85. The zero-order chi connectivity index (χ0) is 15.1. The van der Waals surface area contributed by atoms with Gasteiger partial charge in [0.1, 0.15) is 16.4 Å². The molecule has 1 aromatic rings. The number of hydrogen-bond donors (Lipinski definition) is 0. The lowest BCUT2D eigenvalue weighted by molar-refractivity contribution is 0.388. The van der Waals surface area contributed by atoms with E-state index >= 15 is 0 Å². The highest BCUT2D eigenvalue weighted by atomic mass is 35.5. The highest BCUT2D eigenvalue weighted by molar-refractivity contribution is 7.89. The van der Waals surface area contributed by atoms with Crippen LogP contribution in [0.5, 0.6) is 0 Å². The summed E-state index contributed by atoms with van der Waals surface area (Å²) < 4.78 is 32.7. The smallest absolute Gasteiger partial charge is 0.246 e. The zero-order valence-corrected chi connectivity index (χ0v) is 14.0. The molecule has 1 unspecified atom stereocenters. The number of sulfonamides is 1. The number of furan rings is 1. The van der Waals surface area contributed by atoms with Crippen molar-refractivity contribution in [3.8, 4) is 0 Å². The molecule has 6 heteroatoms. The van der Waals surface area contributed by atoms with Crippen LogP contribution in [0.3, 0.4) is 0 Å². The Morgan fingerprint density at radius 3 is 2.50 bits per heavy atom. The maximum atomic E-state index is 12.8. The molecule has 0 spiro atoms. The zero-order valence-electron chi connectivity index (χ0n) is 12.4. The van der Waals surface area contributed by atoms with Crippen LogP contribution in [0.2, 0.25) is 0 Å². The Morgan fingerprint density at radius 1 is 1.35 bits per heavy atom. The molecule has 1 aliphatic rings. The molecule has 1 atom stereocenters. The Balaban J connectivity index is 2.37. The van der Waals surface area contributed by atoms with Crippen molar-refractivity contribution in [3.05, 3.63) is 17.1 Å². The highest BCUT2D eigenvalue weighted by Gasteiger charge is 2.37. The first kappa shape index (κ1) is 15.9. The second-order valence-corrected chi connectivity index (χ2v) is 7.95. The van der Waals surface area contributed by atoms with E-state index in [1.807, 2.05) is 0 Å². The summed E-state index contributed by atoms with van der Waals surface area (Å²) in [6.45, 7) is 8.88. The molecular weight excluding hydrogens is 298 g/mol. The van der Waals surface area contributed by atoms with E-state index < -0.39 is 10.0 Å². The fraction of sp³-hybridized carbons (Fsp3) is 0.714. The molecule has 2 rings (SSSR count). The summed E-state index contributed by atoms with van der Waals surface area (Å²) >= 11 is 5.90. The van der Waals surface area contributed by atoms with Gasteiger partial charge in [0.25, 0.3) is 0 Å². The van der Waals surface area contributed by atoms with Crippen LogP contribution in [0.1, 0.15) is 37.4 Å². The highest BCUT2D eigenvalue weighted by Crippen LogP contribution is 2.34. The largest absolute Gasteiger partial charge is 0.465 e. The van der Waals surface area contributed by atoms with Gasteiger partial charge >= 0.3 is 0 Å². The van der Waals surface area contributed by atoms with E-state index in [1.165, 1.54) is 0 Å². The molecule has 0 bridgehead atoms. The van der Waals surface area contributed by atoms with Crippen LogP contribution >= 0.6 is 11.6 Å². The van der Waals surface area contributed by atoms with Crippen molar-refractivity contribution in [2.75, 3.05) is 13.1 Å². The van der Waals surface area contributed by atoms with Gasteiger partial charge in [-0.25, -0.2) is 8.42 Å². The Labute approximate surface area is 126 Å². The van der Waals surface area contributed by atoms with Crippen molar-refractivity contribution in [2.24, 2.45) is 11.8 Å². The quantitative estimate of drug-likeness (QED) is 0.800. The Hall–Kier alpha value is -0.520. The molecular formula is C14H22ClNO3S. The third-order valence-electron chi connectivity index (χ3n) is 4.19. The SMILES string of the molecule is Cc1oc(C)c(S(=O)(=O)N2CCC(C(C)C)C2)c1CCl. The van der Waals surface area contributed by atoms with Crippen molar-refractivity contribution in [1.29, 1.82) is 0 Å². The minimum Gasteiger partial charge on any atom is -0.465 e. The lowest BCUT2D eigenvalue weighted by atomic mass is 9.96. The van der Waals surface area contributed by atoms with Crippen LogP contribution in [-0.4, -0.2) is 25.8 Å². The van der Waals surface area contributed by atoms with Crippen molar-refractivity contribution in [2.45, 2.75) is 44.9 Å². The van der Waals surface area contributed by atoms with E-state index in [2.05, 4.69) is 13.8 Å². The predicted molar refractivity (Wildman–Crippen MR) is 79.4 cm³/mol. The maximum absolute atomic E-state index is 12.8. The number of rotatable bonds is 4. The average Bonchev–Trinajstić information content (AvgIpc) is 2.93. The predicted octanol–water partition coefficient (Wildman–Crippen LogP) is 3.30. The standard InChI is InChI=1S/C14H22ClNO3S/c1-9(2)12-5-6-16(8-12)20(17,18)14-11(4)19-10(3)13(14)7-15/h9,12H,5-8H2,1-4H3. The van der Waals surface area contributed by atoms with Crippen molar-refractivity contribution in [1.82, 2.24) is 4.31 Å². The van der Waals surface area contributed by atoms with Gasteiger partial charge in [-0.1, -0.05) is 13.8 Å². The van der Waals surface area contributed by atoms with Crippen molar-refractivity contribution in [3.63, 3.8) is 0 Å². The van der Waals surface area contributed by atoms with Crippen molar-refractivity contribution < 1.29 is 12.8 Å². The van der Waals surface area contributed by atoms with Gasteiger partial charge < -0.3 is 4.42 Å². The average molecular weight is 320 g/mol. The van der Waals surface area contributed by atoms with Gasteiger partial charge in [-0.2, -0.15) is 4.31 Å². The Bertz CT molecular complexity index is 592. The number of alkyl halides is 1. The molecule has 0 aromatic carbocycles. The van der Waals surface area contributed by atoms with Crippen LogP contribution in [0.15, 0.2) is 9.31 Å². The molecule has 4 nitrogen and oxygen atoms in total. The first-order chi connectivity index (χ1) is 9.28. The first-order valence-electron chi connectivity index (χ1n) is 6.94. The fourth-order valence-corrected chi connectivity index (χ4v) is 5.17. The second-order valence-electron chi connectivity index (χ2n) is 5.81. The monoisotopic (exact) mass is 319 g/mol. The molecule has 1 saturated heterocycles. The minimum atomic E-state index is -3.50. The van der Waals surface area contributed by atoms with Crippen LogP contribution in [0.25, 0.3) is 0 Å². The molecule has 0 N–H and O–H groups in total. The molecule has 114 valence electrons. The Kier molecular flexibility index (Phi) is 4.52. The van der Waals surface area contributed by atoms with E-state index in [0.717, 1.165) is 6.42 Å². The molecule has 2 heterocycles. The Morgan fingerprint density at radius 2 is 2.00 bits per heavy atom. The van der Waals surface area contributed by atoms with E-state index in [-0.39, 0.29) is 10.8 Å². The summed E-state index contributed by atoms with van der Waals surface area (Å²) in [4.78, 5) is 0.273. The van der Waals surface area contributed by atoms with Crippen LogP contribution in [-0.2, 0) is 15.9 Å². The van der Waals surface area contributed by atoms with E-state index in [0.29, 0.717) is 42.0 Å². The number of nitrogens with zero attached hydrogens (tertiary/aromatic N) is 1. The molecule has 0 radical (unpaired) electrons. The van der Waals surface area contributed by atoms with Crippen LogP contribution in [0, 0.1) is 25.7 Å². The van der Waals surface area contributed by atoms with Gasteiger partial charge in [0.2, 0.25) is 10.0 Å². The number of aryl methyl sites for hydroxylation is 2. The summed E-state index contributed by atoms with van der Waals surface area (Å²) in [6, 6.07) is 0. The third kappa shape index (κ3) is 2.63. The third-order valence-corrected chi connectivity index (χ3v) is 6.52. The van der Waals surface area contributed by atoms with Gasteiger partial charge in [-0.3, -0.25) is 0 Å². The molecule has 1 aliphatic heterocycles.